The van der Waals surface area contributed by atoms with Gasteiger partial charge in [-0.1, -0.05) is 5.16 Å². The van der Waals surface area contributed by atoms with Gasteiger partial charge in [-0.15, -0.1) is 11.6 Å². The van der Waals surface area contributed by atoms with Gasteiger partial charge < -0.3 is 28.8 Å². The first-order valence-electron chi connectivity index (χ1n) is 11.8. The van der Waals surface area contributed by atoms with Crippen molar-refractivity contribution < 1.29 is 47.4 Å². The van der Waals surface area contributed by atoms with E-state index in [9.17, 15) is 28.5 Å². The molecule has 4 atom stereocenters. The van der Waals surface area contributed by atoms with Crippen molar-refractivity contribution in [3.63, 3.8) is 0 Å². The van der Waals surface area contributed by atoms with E-state index in [0.29, 0.717) is 11.5 Å². The second-order valence-corrected chi connectivity index (χ2v) is 12.0. The van der Waals surface area contributed by atoms with Crippen molar-refractivity contribution in [2.45, 2.75) is 50.8 Å². The number of anilines is 1. The molecule has 0 bridgehead atoms. The minimum atomic E-state index is -1.73. The number of oxime groups is 1. The minimum absolute atomic E-state index is 0.0588. The van der Waals surface area contributed by atoms with E-state index in [4.69, 9.17) is 25.8 Å². The van der Waals surface area contributed by atoms with Gasteiger partial charge in [-0.05, 0) is 38.9 Å². The van der Waals surface area contributed by atoms with Crippen molar-refractivity contribution in [1.29, 1.82) is 0 Å². The molecule has 3 amide bonds. The minimum Gasteiger partial charge on any atom is -0.614 e. The molecule has 16 nitrogen and oxygen atoms in total. The number of carbonyl (C=O) groups excluding carboxylic acids is 5. The zero-order valence-corrected chi connectivity index (χ0v) is 25.1. The number of nitrogens with zero attached hydrogens (tertiary/aromatic N) is 4. The Morgan fingerprint density at radius 2 is 1.98 bits per heavy atom. The zero-order valence-electron chi connectivity index (χ0n) is 22.7. The molecule has 2 aliphatic rings. The van der Waals surface area contributed by atoms with Crippen LogP contribution in [0.1, 0.15) is 33.5 Å². The predicted octanol–water partition coefficient (Wildman–Crippen LogP) is -1.91. The predicted molar refractivity (Wildman–Crippen MR) is 149 cm³/mol. The molecule has 1 aromatic heterocycles. The van der Waals surface area contributed by atoms with Gasteiger partial charge in [-0.2, -0.15) is 9.36 Å². The molecule has 0 saturated carbocycles. The van der Waals surface area contributed by atoms with Crippen molar-refractivity contribution in [3.05, 3.63) is 17.1 Å². The maximum Gasteiger partial charge on any atom is 0.414 e. The Morgan fingerprint density at radius 1 is 1.29 bits per heavy atom. The van der Waals surface area contributed by atoms with Crippen molar-refractivity contribution in [3.8, 4) is 0 Å². The van der Waals surface area contributed by atoms with E-state index in [1.165, 1.54) is 6.92 Å². The number of fused-ring (bicyclic) bond motifs is 1. The molecule has 2 aliphatic heterocycles. The van der Waals surface area contributed by atoms with Crippen LogP contribution in [0, 0.1) is 0 Å². The summed E-state index contributed by atoms with van der Waals surface area (Å²) in [5.74, 6) is -4.04. The van der Waals surface area contributed by atoms with Gasteiger partial charge in [0.1, 0.15) is 17.1 Å². The molecular weight excluding hydrogens is 605 g/mol. The SMILES string of the molecule is BOC(=O)C1=C(CCl)C[S+]([O-])[C@@H]2[C@H](NC(=O)/C(=N\O[C@H](C)C(=O)OB)c3nsc(NC(=O)OC(C)(C)C)n3)C(=O)N12. The van der Waals surface area contributed by atoms with E-state index in [0.717, 1.165) is 21.0 Å². The first-order chi connectivity index (χ1) is 19.2. The summed E-state index contributed by atoms with van der Waals surface area (Å²) in [4.78, 5) is 72.7. The highest BCUT2D eigenvalue weighted by atomic mass is 35.5. The summed E-state index contributed by atoms with van der Waals surface area (Å²) in [6.45, 7) is 6.30. The monoisotopic (exact) mass is 630 g/mol. The Kier molecular flexibility index (Phi) is 10.3. The summed E-state index contributed by atoms with van der Waals surface area (Å²) in [6.07, 6.45) is -2.07. The molecule has 0 radical (unpaired) electrons. The number of hydrogen-bond donors (Lipinski definition) is 2. The molecule has 1 saturated heterocycles. The second-order valence-electron chi connectivity index (χ2n) is 9.41. The summed E-state index contributed by atoms with van der Waals surface area (Å²) in [6, 6.07) is -1.33. The van der Waals surface area contributed by atoms with Crippen LogP contribution in [0.25, 0.3) is 0 Å². The normalized spacial score (nSPS) is 21.2. The number of alkyl halides is 1. The molecule has 3 heterocycles. The van der Waals surface area contributed by atoms with Gasteiger partial charge >= 0.3 is 34.1 Å². The smallest absolute Gasteiger partial charge is 0.414 e. The Labute approximate surface area is 247 Å². The van der Waals surface area contributed by atoms with Gasteiger partial charge in [-0.25, -0.2) is 14.4 Å². The number of halogens is 1. The van der Waals surface area contributed by atoms with Crippen molar-refractivity contribution >= 4 is 91.1 Å². The Hall–Kier alpha value is -3.35. The van der Waals surface area contributed by atoms with Gasteiger partial charge in [-0.3, -0.25) is 19.8 Å². The van der Waals surface area contributed by atoms with E-state index in [1.54, 1.807) is 20.8 Å². The molecule has 1 unspecified atom stereocenters. The van der Waals surface area contributed by atoms with Gasteiger partial charge in [0.25, 0.3) is 11.8 Å². The van der Waals surface area contributed by atoms with E-state index >= 15 is 0 Å². The second kappa shape index (κ2) is 13.1. The Balaban J connectivity index is 1.86. The highest BCUT2D eigenvalue weighted by Gasteiger charge is 2.61. The summed E-state index contributed by atoms with van der Waals surface area (Å²) < 4.78 is 31.4. The highest BCUT2D eigenvalue weighted by molar-refractivity contribution is 7.92. The van der Waals surface area contributed by atoms with E-state index in [1.807, 2.05) is 0 Å². The van der Waals surface area contributed by atoms with Crippen molar-refractivity contribution in [1.82, 2.24) is 19.6 Å². The first kappa shape index (κ1) is 32.2. The van der Waals surface area contributed by atoms with Crippen molar-refractivity contribution in [2.75, 3.05) is 16.9 Å². The standard InChI is InChI=1S/C20H25B2ClN6O10S2/c1-7(16(32)37-21)39-27-9(12-25-18(40-28-12)26-19(34)36-20(2,3)4)13(30)24-10-14(31)29-11(17(33)38-22)8(5-23)6-41(35)15(10)29/h7,10,15H,5-6,21-22H2,1-4H3,(H,24,30)(H,25,26,28,34)/b27-9-/t7-,10-,15-,41?/m1/s1. The summed E-state index contributed by atoms with van der Waals surface area (Å²) in [5.41, 5.74) is -1.24. The van der Waals surface area contributed by atoms with Gasteiger partial charge in [0, 0.05) is 17.1 Å². The van der Waals surface area contributed by atoms with Crippen LogP contribution in [-0.2, 0) is 49.2 Å². The molecule has 2 N–H and O–H groups in total. The van der Waals surface area contributed by atoms with Crippen LogP contribution < -0.4 is 10.6 Å². The maximum atomic E-state index is 13.3. The van der Waals surface area contributed by atoms with Crippen LogP contribution in [0.2, 0.25) is 0 Å². The Bertz CT molecular complexity index is 1310. The Morgan fingerprint density at radius 3 is 2.56 bits per heavy atom. The topological polar surface area (TPSA) is 211 Å². The molecule has 1 fully saturated rings. The quantitative estimate of drug-likeness (QED) is 0.0764. The molecule has 21 heteroatoms. The number of ether oxygens (including phenoxy) is 1. The fourth-order valence-corrected chi connectivity index (χ4v) is 6.11. The maximum absolute atomic E-state index is 13.3. The fourth-order valence-electron chi connectivity index (χ4n) is 3.54. The lowest BCUT2D eigenvalue weighted by Gasteiger charge is -2.49. The molecule has 0 spiro atoms. The van der Waals surface area contributed by atoms with Crippen LogP contribution in [0.15, 0.2) is 16.4 Å². The molecule has 41 heavy (non-hydrogen) atoms. The third-order valence-corrected chi connectivity index (χ3v) is 7.94. The van der Waals surface area contributed by atoms with Crippen molar-refractivity contribution in [2.24, 2.45) is 5.16 Å². The average Bonchev–Trinajstić information content (AvgIpc) is 3.36. The summed E-state index contributed by atoms with van der Waals surface area (Å²) in [7, 11) is 2.25. The van der Waals surface area contributed by atoms with E-state index in [2.05, 4.69) is 29.8 Å². The number of amides is 3. The van der Waals surface area contributed by atoms with Crippen LogP contribution in [0.5, 0.6) is 0 Å². The zero-order chi connectivity index (χ0) is 30.6. The van der Waals surface area contributed by atoms with Crippen LogP contribution in [-0.4, -0.2) is 105 Å². The lowest BCUT2D eigenvalue weighted by Crippen LogP contribution is -2.75. The molecule has 220 valence electrons. The molecule has 0 aliphatic carbocycles. The number of aromatic nitrogens is 2. The van der Waals surface area contributed by atoms with E-state index in [-0.39, 0.29) is 33.9 Å². The van der Waals surface area contributed by atoms with Crippen LogP contribution in [0.3, 0.4) is 0 Å². The molecule has 1 aromatic rings. The highest BCUT2D eigenvalue weighted by Crippen LogP contribution is 2.37. The fraction of sp³-hybridized carbons (Fsp3) is 0.500. The third kappa shape index (κ3) is 7.30. The van der Waals surface area contributed by atoms with Crippen LogP contribution in [0.4, 0.5) is 9.93 Å². The number of nitrogens with one attached hydrogen (secondary N) is 2. The first-order valence-corrected chi connectivity index (χ1v) is 14.4. The number of hydrogen-bond acceptors (Lipinski definition) is 14. The lowest BCUT2D eigenvalue weighted by molar-refractivity contribution is -0.149. The van der Waals surface area contributed by atoms with Crippen LogP contribution >= 0.6 is 23.1 Å². The van der Waals surface area contributed by atoms with Gasteiger partial charge in [0.05, 0.1) is 5.88 Å². The lowest BCUT2D eigenvalue weighted by atomic mass is 10.0. The largest absolute Gasteiger partial charge is 0.614 e. The molecule has 0 aromatic carbocycles. The molecular formula is C20H25B2ClN6O10S2. The van der Waals surface area contributed by atoms with Gasteiger partial charge in [0.15, 0.2) is 6.04 Å². The third-order valence-electron chi connectivity index (χ3n) is 5.33. The summed E-state index contributed by atoms with van der Waals surface area (Å²) in [5, 5.41) is 7.31. The number of β-lactam (4-membered cyclic amide) rings is 1. The number of carbonyl (C=O) groups is 5. The van der Waals surface area contributed by atoms with E-state index < -0.39 is 69.9 Å². The molecule has 3 rings (SSSR count). The summed E-state index contributed by atoms with van der Waals surface area (Å²) >= 11 is 4.85. The number of rotatable bonds is 9. The average molecular weight is 631 g/mol. The van der Waals surface area contributed by atoms with Gasteiger partial charge in [0.2, 0.25) is 28.1 Å².